The topological polar surface area (TPSA) is 50.3 Å². The summed E-state index contributed by atoms with van der Waals surface area (Å²) in [5, 5.41) is 2.20. The highest BCUT2D eigenvalue weighted by Crippen LogP contribution is 2.38. The summed E-state index contributed by atoms with van der Waals surface area (Å²) in [5.41, 5.74) is 1.81. The molecule has 6 heteroatoms. The summed E-state index contributed by atoms with van der Waals surface area (Å²) in [6, 6.07) is 17.3. The van der Waals surface area contributed by atoms with E-state index in [1.165, 1.54) is 5.41 Å². The molecule has 0 aliphatic carbocycles. The lowest BCUT2D eigenvalue weighted by Gasteiger charge is -2.20. The molecule has 4 nitrogen and oxygen atoms in total. The van der Waals surface area contributed by atoms with E-state index in [2.05, 4.69) is 4.98 Å². The lowest BCUT2D eigenvalue weighted by atomic mass is 10.2. The van der Waals surface area contributed by atoms with Crippen LogP contribution in [0.2, 0.25) is 0 Å². The van der Waals surface area contributed by atoms with Crippen LogP contribution in [0.5, 0.6) is 0 Å². The third kappa shape index (κ3) is 3.38. The Morgan fingerprint density at radius 1 is 1.08 bits per heavy atom. The number of para-hydroxylation sites is 1. The van der Waals surface area contributed by atoms with Gasteiger partial charge in [0.2, 0.25) is 10.0 Å². The number of hydrogen-bond acceptors (Lipinski definition) is 4. The van der Waals surface area contributed by atoms with Crippen LogP contribution in [0.4, 0.5) is 0 Å². The number of sulfonamides is 1. The van der Waals surface area contributed by atoms with Gasteiger partial charge in [0, 0.05) is 12.0 Å². The Hall–Kier alpha value is -2.02. The number of benzene rings is 2. The fourth-order valence-electron chi connectivity index (χ4n) is 3.13. The van der Waals surface area contributed by atoms with E-state index in [0.717, 1.165) is 33.6 Å². The highest BCUT2D eigenvalue weighted by Gasteiger charge is 2.35. The summed E-state index contributed by atoms with van der Waals surface area (Å²) in [5.74, 6) is 0. The lowest BCUT2D eigenvalue weighted by Crippen LogP contribution is -2.28. The molecule has 4 rings (SSSR count). The molecule has 0 spiro atoms. The van der Waals surface area contributed by atoms with Crippen LogP contribution in [0.1, 0.15) is 29.5 Å². The predicted octanol–water partition coefficient (Wildman–Crippen LogP) is 4.43. The minimum Gasteiger partial charge on any atom is -0.239 e. The largest absolute Gasteiger partial charge is 0.239 e. The molecule has 3 aromatic rings. The van der Waals surface area contributed by atoms with E-state index in [1.807, 2.05) is 54.6 Å². The summed E-state index contributed by atoms with van der Waals surface area (Å²) >= 11 is 1.59. The van der Waals surface area contributed by atoms with E-state index in [4.69, 9.17) is 0 Å². The predicted molar refractivity (Wildman–Crippen MR) is 103 cm³/mol. The van der Waals surface area contributed by atoms with Crippen molar-refractivity contribution in [1.29, 1.82) is 0 Å². The van der Waals surface area contributed by atoms with Gasteiger partial charge in [0.1, 0.15) is 5.01 Å². The first-order valence-electron chi connectivity index (χ1n) is 8.24. The van der Waals surface area contributed by atoms with Gasteiger partial charge in [-0.15, -0.1) is 11.3 Å². The minimum atomic E-state index is -3.47. The summed E-state index contributed by atoms with van der Waals surface area (Å²) in [7, 11) is -3.47. The van der Waals surface area contributed by atoms with E-state index < -0.39 is 10.0 Å². The molecule has 0 saturated carbocycles. The Balaban J connectivity index is 1.63. The van der Waals surface area contributed by atoms with E-state index in [0.29, 0.717) is 6.54 Å². The molecule has 2 aromatic carbocycles. The smallest absolute Gasteiger partial charge is 0.236 e. The Labute approximate surface area is 151 Å². The summed E-state index contributed by atoms with van der Waals surface area (Å²) < 4.78 is 28.3. The maximum Gasteiger partial charge on any atom is 0.236 e. The molecule has 1 aromatic heterocycles. The lowest BCUT2D eigenvalue weighted by molar-refractivity contribution is 0.402. The molecule has 25 heavy (non-hydrogen) atoms. The molecule has 128 valence electrons. The van der Waals surface area contributed by atoms with Crippen LogP contribution in [-0.4, -0.2) is 24.3 Å². The van der Waals surface area contributed by atoms with Crippen molar-refractivity contribution in [3.63, 3.8) is 0 Å². The van der Waals surface area contributed by atoms with Crippen molar-refractivity contribution in [2.45, 2.75) is 18.9 Å². The van der Waals surface area contributed by atoms with Gasteiger partial charge in [0.25, 0.3) is 0 Å². The standard InChI is InChI=1S/C19H18N2O2S2/c22-25(23,14-12-15-7-2-1-3-8-15)21-13-6-10-17(21)19-20-16-9-4-5-11-18(16)24-19/h1-5,7-9,11-12,14,17H,6,10,13H2/b14-12+. The number of thiazole rings is 1. The third-order valence-electron chi connectivity index (χ3n) is 4.36. The molecular formula is C19H18N2O2S2. The van der Waals surface area contributed by atoms with Crippen LogP contribution >= 0.6 is 11.3 Å². The molecule has 1 fully saturated rings. The normalized spacial score (nSPS) is 19.1. The number of rotatable bonds is 4. The van der Waals surface area contributed by atoms with Crippen LogP contribution in [0, 0.1) is 0 Å². The summed E-state index contributed by atoms with van der Waals surface area (Å²) in [6.07, 6.45) is 3.33. The molecule has 0 amide bonds. The zero-order valence-electron chi connectivity index (χ0n) is 13.6. The van der Waals surface area contributed by atoms with Crippen molar-refractivity contribution in [3.05, 3.63) is 70.6 Å². The first kappa shape index (κ1) is 16.4. The summed E-state index contributed by atoms with van der Waals surface area (Å²) in [4.78, 5) is 4.67. The molecular weight excluding hydrogens is 352 g/mol. The fraction of sp³-hybridized carbons (Fsp3) is 0.211. The first-order valence-corrected chi connectivity index (χ1v) is 10.6. The van der Waals surface area contributed by atoms with Crippen LogP contribution in [0.25, 0.3) is 16.3 Å². The maximum absolute atomic E-state index is 12.8. The van der Waals surface area contributed by atoms with Gasteiger partial charge in [-0.25, -0.2) is 13.4 Å². The van der Waals surface area contributed by atoms with Gasteiger partial charge in [-0.3, -0.25) is 0 Å². The monoisotopic (exact) mass is 370 g/mol. The first-order chi connectivity index (χ1) is 12.1. The van der Waals surface area contributed by atoms with Crippen LogP contribution < -0.4 is 0 Å². The molecule has 0 radical (unpaired) electrons. The molecule has 1 aliphatic rings. The average molecular weight is 370 g/mol. The molecule has 1 aliphatic heterocycles. The zero-order chi connectivity index (χ0) is 17.3. The van der Waals surface area contributed by atoms with Gasteiger partial charge in [-0.2, -0.15) is 4.31 Å². The van der Waals surface area contributed by atoms with Crippen LogP contribution in [-0.2, 0) is 10.0 Å². The second-order valence-corrected chi connectivity index (χ2v) is 8.88. The van der Waals surface area contributed by atoms with E-state index in [9.17, 15) is 8.42 Å². The average Bonchev–Trinajstić information content (AvgIpc) is 3.27. The van der Waals surface area contributed by atoms with Gasteiger partial charge in [-0.1, -0.05) is 42.5 Å². The highest BCUT2D eigenvalue weighted by atomic mass is 32.2. The second kappa shape index (κ2) is 6.71. The van der Waals surface area contributed by atoms with E-state index in [1.54, 1.807) is 21.7 Å². The summed E-state index contributed by atoms with van der Waals surface area (Å²) in [6.45, 7) is 0.544. The van der Waals surface area contributed by atoms with Gasteiger partial charge in [0.15, 0.2) is 0 Å². The maximum atomic E-state index is 12.8. The van der Waals surface area contributed by atoms with Crippen molar-refractivity contribution in [2.24, 2.45) is 0 Å². The van der Waals surface area contributed by atoms with Crippen molar-refractivity contribution < 1.29 is 8.42 Å². The van der Waals surface area contributed by atoms with Crippen molar-refractivity contribution in [2.75, 3.05) is 6.54 Å². The van der Waals surface area contributed by atoms with Gasteiger partial charge >= 0.3 is 0 Å². The Morgan fingerprint density at radius 3 is 2.64 bits per heavy atom. The number of fused-ring (bicyclic) bond motifs is 1. The highest BCUT2D eigenvalue weighted by molar-refractivity contribution is 7.92. The van der Waals surface area contributed by atoms with Gasteiger partial charge < -0.3 is 0 Å². The molecule has 1 unspecified atom stereocenters. The minimum absolute atomic E-state index is 0.164. The Kier molecular flexibility index (Phi) is 4.41. The van der Waals surface area contributed by atoms with E-state index in [-0.39, 0.29) is 6.04 Å². The molecule has 1 atom stereocenters. The quantitative estimate of drug-likeness (QED) is 0.682. The fourth-order valence-corrected chi connectivity index (χ4v) is 5.74. The Morgan fingerprint density at radius 2 is 1.84 bits per heavy atom. The van der Waals surface area contributed by atoms with Crippen LogP contribution in [0.3, 0.4) is 0 Å². The molecule has 0 N–H and O–H groups in total. The van der Waals surface area contributed by atoms with Gasteiger partial charge in [-0.05, 0) is 36.6 Å². The third-order valence-corrected chi connectivity index (χ3v) is 7.07. The van der Waals surface area contributed by atoms with Crippen molar-refractivity contribution in [1.82, 2.24) is 9.29 Å². The van der Waals surface area contributed by atoms with Crippen molar-refractivity contribution >= 4 is 37.7 Å². The van der Waals surface area contributed by atoms with Crippen LogP contribution in [0.15, 0.2) is 60.0 Å². The number of aromatic nitrogens is 1. The van der Waals surface area contributed by atoms with Crippen molar-refractivity contribution in [3.8, 4) is 0 Å². The van der Waals surface area contributed by atoms with Gasteiger partial charge in [0.05, 0.1) is 16.3 Å². The van der Waals surface area contributed by atoms with E-state index >= 15 is 0 Å². The Bertz CT molecular complexity index is 977. The SMILES string of the molecule is O=S(=O)(/C=C/c1ccccc1)N1CCCC1c1nc2ccccc2s1. The molecule has 0 bridgehead atoms. The zero-order valence-corrected chi connectivity index (χ0v) is 15.2. The number of hydrogen-bond donors (Lipinski definition) is 0. The molecule has 2 heterocycles. The number of nitrogens with zero attached hydrogens (tertiary/aromatic N) is 2. The second-order valence-electron chi connectivity index (χ2n) is 6.05. The molecule has 1 saturated heterocycles.